The zero-order valence-electron chi connectivity index (χ0n) is 23.5. The molecule has 1 amide bonds. The molecule has 6 rings (SSSR count). The number of ketones is 1. The summed E-state index contributed by atoms with van der Waals surface area (Å²) in [6, 6.07) is 16.4. The molecular formula is C33H34N2O7. The maximum absolute atomic E-state index is 13.7. The minimum atomic E-state index is -1.11. The van der Waals surface area contributed by atoms with E-state index in [1.54, 1.807) is 7.11 Å². The average Bonchev–Trinajstić information content (AvgIpc) is 3.53. The number of carbonyl (C=O) groups excluding carboxylic acids is 2. The highest BCUT2D eigenvalue weighted by Crippen LogP contribution is 2.57. The molecular weight excluding hydrogens is 536 g/mol. The van der Waals surface area contributed by atoms with Crippen LogP contribution in [-0.2, 0) is 14.3 Å². The number of cyclic esters (lactones) is 1. The molecule has 4 atom stereocenters. The van der Waals surface area contributed by atoms with Gasteiger partial charge in [0.25, 0.3) is 0 Å². The van der Waals surface area contributed by atoms with E-state index < -0.39 is 29.6 Å². The first kappa shape index (κ1) is 27.8. The number of rotatable bonds is 5. The second-order valence-corrected chi connectivity index (χ2v) is 11.4. The number of carboxylic acids is 1. The van der Waals surface area contributed by atoms with Crippen molar-refractivity contribution in [3.8, 4) is 22.8 Å². The summed E-state index contributed by atoms with van der Waals surface area (Å²) in [5.74, 6) is -0.177. The number of hydrogen-bond acceptors (Lipinski definition) is 7. The fraction of sp³-hybridized carbons (Fsp3) is 0.394. The number of carbonyl (C=O) groups is 3. The Morgan fingerprint density at radius 2 is 1.95 bits per heavy atom. The largest absolute Gasteiger partial charge is 0.497 e. The summed E-state index contributed by atoms with van der Waals surface area (Å²) in [7, 11) is 1.60. The molecule has 2 aliphatic heterocycles. The number of aliphatic carboxylic acids is 1. The molecule has 1 N–H and O–H groups in total. The van der Waals surface area contributed by atoms with Crippen molar-refractivity contribution in [1.29, 1.82) is 0 Å². The molecule has 9 nitrogen and oxygen atoms in total. The first-order valence-electron chi connectivity index (χ1n) is 14.4. The summed E-state index contributed by atoms with van der Waals surface area (Å²) in [6.45, 7) is 0.411. The summed E-state index contributed by atoms with van der Waals surface area (Å²) in [4.78, 5) is 45.4. The molecule has 0 spiro atoms. The lowest BCUT2D eigenvalue weighted by Crippen LogP contribution is -2.42. The molecule has 1 saturated heterocycles. The second kappa shape index (κ2) is 11.5. The molecule has 2 fully saturated rings. The Hall–Kier alpha value is -4.40. The minimum absolute atomic E-state index is 0.130. The third kappa shape index (κ3) is 5.43. The second-order valence-electron chi connectivity index (χ2n) is 11.4. The Morgan fingerprint density at radius 3 is 2.74 bits per heavy atom. The van der Waals surface area contributed by atoms with Crippen LogP contribution in [0, 0.1) is 11.3 Å². The lowest BCUT2D eigenvalue weighted by molar-refractivity contribution is -0.146. The number of amides is 1. The topological polar surface area (TPSA) is 115 Å². The predicted molar refractivity (Wildman–Crippen MR) is 155 cm³/mol. The monoisotopic (exact) mass is 570 g/mol. The molecule has 0 bridgehead atoms. The van der Waals surface area contributed by atoms with Gasteiger partial charge in [0.15, 0.2) is 5.78 Å². The van der Waals surface area contributed by atoms with Gasteiger partial charge in [-0.1, -0.05) is 42.5 Å². The molecule has 0 unspecified atom stereocenters. The van der Waals surface area contributed by atoms with E-state index in [1.807, 2.05) is 66.7 Å². The fourth-order valence-electron chi connectivity index (χ4n) is 6.13. The Labute approximate surface area is 244 Å². The van der Waals surface area contributed by atoms with Crippen LogP contribution in [0.15, 0.2) is 66.7 Å². The van der Waals surface area contributed by atoms with E-state index in [2.05, 4.69) is 0 Å². The third-order valence-electron chi connectivity index (χ3n) is 8.62. The Kier molecular flexibility index (Phi) is 7.58. The standard InChI is InChI=1S/C33H34N2O7/c1-40-23-12-13-25-27(15-23)34-26(21-9-5-4-6-10-21)17-30(25)42-24-16-28-29(36)19-33(31(37)38)18-22(33)11-7-2-3-8-14-41-32(39)35(28)20-24/h4-7,9-13,15,17,22,24,28H,2-3,8,14,16,18-20H2,1H3,(H,37,38)/b11-7-/t22-,24-,28+,33-/m1/s1. The number of ether oxygens (including phenoxy) is 3. The van der Waals surface area contributed by atoms with Crippen molar-refractivity contribution in [3.63, 3.8) is 0 Å². The first-order chi connectivity index (χ1) is 20.4. The Bertz CT molecular complexity index is 1540. The maximum Gasteiger partial charge on any atom is 0.410 e. The Balaban J connectivity index is 1.31. The number of carboxylic acid groups (broad SMARTS) is 1. The quantitative estimate of drug-likeness (QED) is 0.391. The van der Waals surface area contributed by atoms with Gasteiger partial charge in [0.1, 0.15) is 17.6 Å². The van der Waals surface area contributed by atoms with E-state index in [-0.39, 0.29) is 37.7 Å². The zero-order valence-corrected chi connectivity index (χ0v) is 23.5. The fourth-order valence-corrected chi connectivity index (χ4v) is 6.13. The van der Waals surface area contributed by atoms with E-state index in [9.17, 15) is 19.5 Å². The van der Waals surface area contributed by atoms with Crippen molar-refractivity contribution in [3.05, 3.63) is 66.7 Å². The van der Waals surface area contributed by atoms with Crippen molar-refractivity contribution in [2.24, 2.45) is 11.3 Å². The van der Waals surface area contributed by atoms with E-state index >= 15 is 0 Å². The smallest absolute Gasteiger partial charge is 0.410 e. The zero-order chi connectivity index (χ0) is 29.3. The first-order valence-corrected chi connectivity index (χ1v) is 14.4. The number of pyridine rings is 1. The van der Waals surface area contributed by atoms with Gasteiger partial charge in [0.2, 0.25) is 0 Å². The Morgan fingerprint density at radius 1 is 1.12 bits per heavy atom. The molecule has 9 heteroatoms. The highest BCUT2D eigenvalue weighted by Gasteiger charge is 2.61. The van der Waals surface area contributed by atoms with Gasteiger partial charge in [-0.2, -0.15) is 0 Å². The van der Waals surface area contributed by atoms with Crippen LogP contribution < -0.4 is 9.47 Å². The van der Waals surface area contributed by atoms with Gasteiger partial charge in [-0.25, -0.2) is 9.78 Å². The highest BCUT2D eigenvalue weighted by atomic mass is 16.6. The van der Waals surface area contributed by atoms with E-state index in [1.165, 1.54) is 4.90 Å². The van der Waals surface area contributed by atoms with E-state index in [0.29, 0.717) is 29.9 Å². The molecule has 1 saturated carbocycles. The molecule has 2 aromatic carbocycles. The van der Waals surface area contributed by atoms with Gasteiger partial charge in [-0.15, -0.1) is 0 Å². The van der Waals surface area contributed by atoms with E-state index in [0.717, 1.165) is 29.5 Å². The van der Waals surface area contributed by atoms with Crippen molar-refractivity contribution < 1.29 is 33.7 Å². The predicted octanol–water partition coefficient (Wildman–Crippen LogP) is 5.66. The number of benzene rings is 2. The highest BCUT2D eigenvalue weighted by molar-refractivity contribution is 5.94. The van der Waals surface area contributed by atoms with Crippen molar-refractivity contribution in [2.45, 2.75) is 50.7 Å². The number of fused-ring (bicyclic) bond motifs is 3. The van der Waals surface area contributed by atoms with Gasteiger partial charge in [-0.05, 0) is 43.7 Å². The number of hydrogen-bond donors (Lipinski definition) is 1. The van der Waals surface area contributed by atoms with Gasteiger partial charge >= 0.3 is 12.1 Å². The number of methoxy groups -OCH3 is 1. The number of allylic oxidation sites excluding steroid dienone is 2. The normalized spacial score (nSPS) is 26.9. The number of Topliss-reactive ketones (excluding diaryl/α,β-unsaturated/α-hetero) is 1. The average molecular weight is 571 g/mol. The summed E-state index contributed by atoms with van der Waals surface area (Å²) < 4.78 is 17.5. The summed E-state index contributed by atoms with van der Waals surface area (Å²) >= 11 is 0. The molecule has 3 aromatic rings. The van der Waals surface area contributed by atoms with Crippen molar-refractivity contribution >= 4 is 28.7 Å². The van der Waals surface area contributed by atoms with Gasteiger partial charge in [0, 0.05) is 35.9 Å². The van der Waals surface area contributed by atoms with Gasteiger partial charge in [0.05, 0.1) is 42.9 Å². The van der Waals surface area contributed by atoms with Crippen LogP contribution >= 0.6 is 0 Å². The number of nitrogens with zero attached hydrogens (tertiary/aromatic N) is 2. The lowest BCUT2D eigenvalue weighted by atomic mass is 9.92. The van der Waals surface area contributed by atoms with Crippen LogP contribution in [0.5, 0.6) is 11.5 Å². The lowest BCUT2D eigenvalue weighted by Gasteiger charge is -2.24. The van der Waals surface area contributed by atoms with Crippen LogP contribution in [0.4, 0.5) is 4.79 Å². The van der Waals surface area contributed by atoms with Crippen LogP contribution in [0.2, 0.25) is 0 Å². The van der Waals surface area contributed by atoms with Crippen molar-refractivity contribution in [1.82, 2.24) is 9.88 Å². The summed E-state index contributed by atoms with van der Waals surface area (Å²) in [5.41, 5.74) is 1.21. The molecule has 42 heavy (non-hydrogen) atoms. The third-order valence-corrected chi connectivity index (χ3v) is 8.62. The van der Waals surface area contributed by atoms with Crippen LogP contribution in [0.1, 0.15) is 38.5 Å². The number of aromatic nitrogens is 1. The molecule has 218 valence electrons. The van der Waals surface area contributed by atoms with E-state index in [4.69, 9.17) is 19.2 Å². The van der Waals surface area contributed by atoms with Crippen LogP contribution in [-0.4, -0.2) is 65.2 Å². The molecule has 3 heterocycles. The van der Waals surface area contributed by atoms with Gasteiger partial charge in [-0.3, -0.25) is 14.5 Å². The minimum Gasteiger partial charge on any atom is -0.497 e. The molecule has 3 aliphatic rings. The van der Waals surface area contributed by atoms with Crippen LogP contribution in [0.25, 0.3) is 22.2 Å². The summed E-state index contributed by atoms with van der Waals surface area (Å²) in [6.07, 6.45) is 5.67. The molecule has 1 aliphatic carbocycles. The summed E-state index contributed by atoms with van der Waals surface area (Å²) in [5, 5.41) is 10.8. The SMILES string of the molecule is COc1ccc2c(O[C@@H]3C[C@H]4C(=O)C[C@]5(C(=O)O)C[C@H]5/C=C\CCCCOC(=O)N4C3)cc(-c3ccccc3)nc2c1. The molecule has 0 radical (unpaired) electrons. The van der Waals surface area contributed by atoms with Crippen LogP contribution in [0.3, 0.4) is 0 Å². The van der Waals surface area contributed by atoms with Crippen molar-refractivity contribution in [2.75, 3.05) is 20.3 Å². The maximum atomic E-state index is 13.7. The van der Waals surface area contributed by atoms with Gasteiger partial charge < -0.3 is 19.3 Å². The molecule has 1 aromatic heterocycles.